The zero-order valence-electron chi connectivity index (χ0n) is 11.3. The SMILES string of the molecule is CCc1nc(C2SCCSC2CC)nc(N)c1C. The molecule has 1 saturated heterocycles. The van der Waals surface area contributed by atoms with E-state index in [0.717, 1.165) is 23.5 Å². The largest absolute Gasteiger partial charge is 0.383 e. The highest BCUT2D eigenvalue weighted by Gasteiger charge is 2.29. The van der Waals surface area contributed by atoms with Gasteiger partial charge in [0.25, 0.3) is 0 Å². The highest BCUT2D eigenvalue weighted by atomic mass is 32.2. The molecule has 0 aromatic carbocycles. The van der Waals surface area contributed by atoms with E-state index in [0.29, 0.717) is 16.3 Å². The Bertz CT molecular complexity index is 423. The van der Waals surface area contributed by atoms with Crippen LogP contribution in [0.5, 0.6) is 0 Å². The molecule has 2 atom stereocenters. The molecule has 1 aromatic rings. The van der Waals surface area contributed by atoms with E-state index in [9.17, 15) is 0 Å². The quantitative estimate of drug-likeness (QED) is 0.923. The number of hydrogen-bond acceptors (Lipinski definition) is 5. The summed E-state index contributed by atoms with van der Waals surface area (Å²) in [6.07, 6.45) is 2.09. The number of aryl methyl sites for hydroxylation is 1. The Kier molecular flexibility index (Phi) is 4.78. The maximum Gasteiger partial charge on any atom is 0.145 e. The van der Waals surface area contributed by atoms with E-state index < -0.39 is 0 Å². The van der Waals surface area contributed by atoms with Gasteiger partial charge in [0.1, 0.15) is 11.6 Å². The van der Waals surface area contributed by atoms with Crippen LogP contribution in [0.3, 0.4) is 0 Å². The lowest BCUT2D eigenvalue weighted by molar-refractivity contribution is 0.740. The molecule has 1 aliphatic heterocycles. The fraction of sp³-hybridized carbons (Fsp3) is 0.692. The van der Waals surface area contributed by atoms with Crippen molar-refractivity contribution in [3.63, 3.8) is 0 Å². The molecule has 1 fully saturated rings. The number of hydrogen-bond donors (Lipinski definition) is 1. The first kappa shape index (κ1) is 14.0. The van der Waals surface area contributed by atoms with Gasteiger partial charge in [0.15, 0.2) is 0 Å². The monoisotopic (exact) mass is 283 g/mol. The van der Waals surface area contributed by atoms with E-state index in [1.807, 2.05) is 30.4 Å². The van der Waals surface area contributed by atoms with Gasteiger partial charge in [-0.2, -0.15) is 11.8 Å². The third kappa shape index (κ3) is 2.77. The van der Waals surface area contributed by atoms with Crippen LogP contribution in [-0.4, -0.2) is 26.7 Å². The van der Waals surface area contributed by atoms with Crippen LogP contribution in [0.15, 0.2) is 0 Å². The second kappa shape index (κ2) is 6.15. The van der Waals surface area contributed by atoms with Gasteiger partial charge >= 0.3 is 0 Å². The van der Waals surface area contributed by atoms with Crippen molar-refractivity contribution in [2.24, 2.45) is 0 Å². The highest BCUT2D eigenvalue weighted by molar-refractivity contribution is 8.06. The van der Waals surface area contributed by atoms with Crippen LogP contribution in [0, 0.1) is 6.92 Å². The average Bonchev–Trinajstić information content (AvgIpc) is 2.41. The lowest BCUT2D eigenvalue weighted by Gasteiger charge is -2.29. The molecule has 5 heteroatoms. The van der Waals surface area contributed by atoms with Crippen molar-refractivity contribution in [3.8, 4) is 0 Å². The summed E-state index contributed by atoms with van der Waals surface area (Å²) in [5.74, 6) is 4.02. The maximum atomic E-state index is 6.02. The first-order valence-electron chi connectivity index (χ1n) is 6.53. The number of nitrogen functional groups attached to an aromatic ring is 1. The van der Waals surface area contributed by atoms with Gasteiger partial charge in [0, 0.05) is 28.0 Å². The zero-order valence-corrected chi connectivity index (χ0v) is 12.9. The van der Waals surface area contributed by atoms with Gasteiger partial charge in [0.05, 0.1) is 5.25 Å². The third-order valence-electron chi connectivity index (χ3n) is 3.34. The number of thioether (sulfide) groups is 2. The molecular weight excluding hydrogens is 262 g/mol. The Morgan fingerprint density at radius 3 is 2.61 bits per heavy atom. The maximum absolute atomic E-state index is 6.02. The predicted octanol–water partition coefficient (Wildman–Crippen LogP) is 3.23. The lowest BCUT2D eigenvalue weighted by atomic mass is 10.1. The lowest BCUT2D eigenvalue weighted by Crippen LogP contribution is -2.21. The van der Waals surface area contributed by atoms with Crippen LogP contribution in [0.1, 0.15) is 42.6 Å². The molecule has 1 aromatic heterocycles. The van der Waals surface area contributed by atoms with Crippen molar-refractivity contribution in [2.45, 2.75) is 44.1 Å². The Morgan fingerprint density at radius 2 is 1.94 bits per heavy atom. The molecule has 3 nitrogen and oxygen atoms in total. The Balaban J connectivity index is 2.34. The fourth-order valence-electron chi connectivity index (χ4n) is 2.22. The minimum atomic E-state index is 0.405. The van der Waals surface area contributed by atoms with Gasteiger partial charge in [-0.15, -0.1) is 11.8 Å². The molecule has 0 spiro atoms. The van der Waals surface area contributed by atoms with Crippen molar-refractivity contribution < 1.29 is 0 Å². The van der Waals surface area contributed by atoms with Crippen LogP contribution in [0.2, 0.25) is 0 Å². The summed E-state index contributed by atoms with van der Waals surface area (Å²) in [5, 5.41) is 1.03. The van der Waals surface area contributed by atoms with Crippen LogP contribution in [0.25, 0.3) is 0 Å². The molecule has 2 rings (SSSR count). The van der Waals surface area contributed by atoms with Gasteiger partial charge in [-0.05, 0) is 19.8 Å². The van der Waals surface area contributed by atoms with E-state index in [2.05, 4.69) is 18.8 Å². The molecule has 0 aliphatic carbocycles. The number of rotatable bonds is 3. The summed E-state index contributed by atoms with van der Waals surface area (Å²) >= 11 is 4.03. The Hall–Kier alpha value is -0.420. The second-order valence-corrected chi connectivity index (χ2v) is 7.10. The van der Waals surface area contributed by atoms with Crippen LogP contribution < -0.4 is 5.73 Å². The van der Waals surface area contributed by atoms with E-state index in [1.54, 1.807) is 0 Å². The minimum Gasteiger partial charge on any atom is -0.383 e. The van der Waals surface area contributed by atoms with Crippen LogP contribution in [-0.2, 0) is 6.42 Å². The molecule has 18 heavy (non-hydrogen) atoms. The molecule has 2 heterocycles. The molecule has 0 bridgehead atoms. The molecule has 1 aliphatic rings. The van der Waals surface area contributed by atoms with Crippen LogP contribution >= 0.6 is 23.5 Å². The zero-order chi connectivity index (χ0) is 13.1. The average molecular weight is 283 g/mol. The van der Waals surface area contributed by atoms with Crippen molar-refractivity contribution in [1.82, 2.24) is 9.97 Å². The fourth-order valence-corrected chi connectivity index (χ4v) is 5.21. The normalized spacial score (nSPS) is 24.2. The minimum absolute atomic E-state index is 0.405. The second-order valence-electron chi connectivity index (χ2n) is 4.50. The first-order valence-corrected chi connectivity index (χ1v) is 8.63. The molecule has 0 saturated carbocycles. The number of aromatic nitrogens is 2. The van der Waals surface area contributed by atoms with Gasteiger partial charge in [0.2, 0.25) is 0 Å². The number of nitrogens with zero attached hydrogens (tertiary/aromatic N) is 2. The van der Waals surface area contributed by atoms with Crippen molar-refractivity contribution >= 4 is 29.3 Å². The molecule has 2 unspecified atom stereocenters. The van der Waals surface area contributed by atoms with Gasteiger partial charge in [-0.1, -0.05) is 13.8 Å². The molecular formula is C13H21N3S2. The molecule has 100 valence electrons. The topological polar surface area (TPSA) is 51.8 Å². The summed E-state index contributed by atoms with van der Waals surface area (Å²) in [7, 11) is 0. The van der Waals surface area contributed by atoms with E-state index in [1.165, 1.54) is 17.9 Å². The van der Waals surface area contributed by atoms with Gasteiger partial charge in [-0.3, -0.25) is 0 Å². The summed E-state index contributed by atoms with van der Waals surface area (Å²) in [4.78, 5) is 9.28. The highest BCUT2D eigenvalue weighted by Crippen LogP contribution is 2.43. The molecule has 0 amide bonds. The number of anilines is 1. The first-order chi connectivity index (χ1) is 8.67. The summed E-state index contributed by atoms with van der Waals surface area (Å²) in [5.41, 5.74) is 8.17. The van der Waals surface area contributed by atoms with E-state index >= 15 is 0 Å². The number of nitrogens with two attached hydrogens (primary N) is 1. The molecule has 2 N–H and O–H groups in total. The van der Waals surface area contributed by atoms with E-state index in [4.69, 9.17) is 10.7 Å². The van der Waals surface area contributed by atoms with Gasteiger partial charge in [-0.25, -0.2) is 9.97 Å². The predicted molar refractivity (Wildman–Crippen MR) is 82.3 cm³/mol. The van der Waals surface area contributed by atoms with E-state index in [-0.39, 0.29) is 0 Å². The summed E-state index contributed by atoms with van der Waals surface area (Å²) < 4.78 is 0. The Morgan fingerprint density at radius 1 is 1.22 bits per heavy atom. The standard InChI is InChI=1S/C13H21N3S2/c1-4-9-8(3)12(14)16-13(15-9)11-10(5-2)17-6-7-18-11/h10-11H,4-7H2,1-3H3,(H2,14,15,16). The summed E-state index contributed by atoms with van der Waals surface area (Å²) in [6, 6.07) is 0. The molecule has 0 radical (unpaired) electrons. The van der Waals surface area contributed by atoms with Crippen molar-refractivity contribution in [2.75, 3.05) is 17.2 Å². The Labute approximate surface area is 118 Å². The van der Waals surface area contributed by atoms with Crippen LogP contribution in [0.4, 0.5) is 5.82 Å². The van der Waals surface area contributed by atoms with Crippen molar-refractivity contribution in [3.05, 3.63) is 17.1 Å². The van der Waals surface area contributed by atoms with Crippen molar-refractivity contribution in [1.29, 1.82) is 0 Å². The third-order valence-corrected chi connectivity index (χ3v) is 6.59. The van der Waals surface area contributed by atoms with Gasteiger partial charge < -0.3 is 5.73 Å². The smallest absolute Gasteiger partial charge is 0.145 e. The summed E-state index contributed by atoms with van der Waals surface area (Å²) in [6.45, 7) is 6.38.